The maximum Gasteiger partial charge on any atom is 0.472 e. The zero-order valence-electron chi connectivity index (χ0n) is 34.4. The smallest absolute Gasteiger partial charge is 0.462 e. The van der Waals surface area contributed by atoms with Crippen LogP contribution in [0.5, 0.6) is 0 Å². The summed E-state index contributed by atoms with van der Waals surface area (Å²) in [6.45, 7) is 3.34. The van der Waals surface area contributed by atoms with E-state index in [4.69, 9.17) is 24.3 Å². The van der Waals surface area contributed by atoms with Crippen LogP contribution in [0.4, 0.5) is 0 Å². The minimum Gasteiger partial charge on any atom is -0.462 e. The molecule has 318 valence electrons. The number of aliphatic hydroxyl groups excluding tert-OH is 1. The Morgan fingerprint density at radius 3 is 1.88 bits per heavy atom. The number of nitrogens with two attached hydrogens (primary N) is 1. The van der Waals surface area contributed by atoms with E-state index in [0.717, 1.165) is 64.2 Å². The third-order valence-electron chi connectivity index (χ3n) is 8.07. The molecule has 0 aromatic carbocycles. The normalized spacial score (nSPS) is 14.9. The van der Waals surface area contributed by atoms with E-state index in [9.17, 15) is 24.2 Å². The van der Waals surface area contributed by atoms with Gasteiger partial charge in [0.15, 0.2) is 6.10 Å². The van der Waals surface area contributed by atoms with Gasteiger partial charge in [-0.1, -0.05) is 150 Å². The second-order valence-corrected chi connectivity index (χ2v) is 14.8. The van der Waals surface area contributed by atoms with Crippen molar-refractivity contribution in [3.63, 3.8) is 0 Å². The quantitative estimate of drug-likeness (QED) is 0.0182. The lowest BCUT2D eigenvalue weighted by Gasteiger charge is -2.19. The van der Waals surface area contributed by atoms with Crippen molar-refractivity contribution < 1.29 is 42.7 Å². The highest BCUT2D eigenvalue weighted by atomic mass is 31.2. The van der Waals surface area contributed by atoms with Crippen molar-refractivity contribution in [3.8, 4) is 0 Å². The van der Waals surface area contributed by atoms with E-state index in [-0.39, 0.29) is 32.6 Å². The zero-order valence-corrected chi connectivity index (χ0v) is 35.3. The molecular formula is C45H74NO9P. The highest BCUT2D eigenvalue weighted by Crippen LogP contribution is 2.43. The Bertz CT molecular complexity index is 1250. The molecule has 0 aliphatic heterocycles. The average Bonchev–Trinajstić information content (AvgIpc) is 3.18. The maximum absolute atomic E-state index is 12.6. The van der Waals surface area contributed by atoms with Crippen LogP contribution in [-0.2, 0) is 32.7 Å². The Hall–Kier alpha value is -3.11. The molecular weight excluding hydrogens is 729 g/mol. The van der Waals surface area contributed by atoms with Crippen molar-refractivity contribution in [2.24, 2.45) is 5.73 Å². The lowest BCUT2D eigenvalue weighted by Crippen LogP contribution is -2.29. The highest BCUT2D eigenvalue weighted by molar-refractivity contribution is 7.47. The number of carbonyl (C=O) groups is 2. The number of phosphoric acid groups is 1. The molecule has 0 heterocycles. The molecule has 0 aliphatic carbocycles. The third-order valence-corrected chi connectivity index (χ3v) is 9.06. The first-order valence-corrected chi connectivity index (χ1v) is 22.3. The monoisotopic (exact) mass is 804 g/mol. The molecule has 0 rings (SSSR count). The predicted molar refractivity (Wildman–Crippen MR) is 230 cm³/mol. The summed E-state index contributed by atoms with van der Waals surface area (Å²) in [6, 6.07) is 0. The Kier molecular flexibility index (Phi) is 37.9. The standard InChI is InChI=1S/C45H74NO9P/c1-3-5-7-9-11-12-13-14-15-16-17-18-19-20-21-22-24-28-32-36-44(48)52-40-43(41-54-56(50,51)53-39-38-46)55-45(49)37-33-29-25-27-31-35-42(47)34-30-26-23-10-8-6-4-2/h6,8,11-12,14-15,17-18,20-21,23-24,26,28,30,34,42-43,47H,3-5,7,9-10,13,16,19,22,25,27,29,31-33,35-41,46H2,1-2H3,(H,50,51)/b8-6+,12-11-,15-14-,18-17-,21-20-,26-23+,28-24-,34-30+/t42?,43-/m1/s1. The Morgan fingerprint density at radius 2 is 1.23 bits per heavy atom. The van der Waals surface area contributed by atoms with E-state index in [2.05, 4.69) is 74.6 Å². The molecule has 0 fully saturated rings. The lowest BCUT2D eigenvalue weighted by atomic mass is 10.1. The van der Waals surface area contributed by atoms with Gasteiger partial charge in [0.1, 0.15) is 6.61 Å². The SMILES string of the molecule is CC/C=C/C/C=C/C=C/C(O)CCCCCCCC(=O)O[C@H](COC(=O)CC/C=C\C/C=C\C/C=C\C/C=C\C/C=C\CCCCC)COP(=O)(O)OCCN. The van der Waals surface area contributed by atoms with Gasteiger partial charge in [-0.25, -0.2) is 4.57 Å². The maximum atomic E-state index is 12.6. The van der Waals surface area contributed by atoms with Crippen molar-refractivity contribution in [2.45, 2.75) is 148 Å². The summed E-state index contributed by atoms with van der Waals surface area (Å²) in [7, 11) is -4.42. The van der Waals surface area contributed by atoms with Gasteiger partial charge in [-0.3, -0.25) is 18.6 Å². The summed E-state index contributed by atoms with van der Waals surface area (Å²) < 4.78 is 32.6. The summed E-state index contributed by atoms with van der Waals surface area (Å²) in [5, 5.41) is 10.1. The van der Waals surface area contributed by atoms with Gasteiger partial charge in [0, 0.05) is 19.4 Å². The fraction of sp³-hybridized carbons (Fsp3) is 0.600. The minimum atomic E-state index is -4.42. The number of carbonyl (C=O) groups excluding carboxylic acids is 2. The highest BCUT2D eigenvalue weighted by Gasteiger charge is 2.25. The van der Waals surface area contributed by atoms with Crippen LogP contribution in [0.25, 0.3) is 0 Å². The van der Waals surface area contributed by atoms with Crippen LogP contribution >= 0.6 is 7.82 Å². The number of esters is 2. The number of hydrogen-bond acceptors (Lipinski definition) is 9. The van der Waals surface area contributed by atoms with Gasteiger partial charge in [0.05, 0.1) is 19.3 Å². The molecule has 10 nitrogen and oxygen atoms in total. The van der Waals surface area contributed by atoms with E-state index in [0.29, 0.717) is 19.3 Å². The molecule has 0 bridgehead atoms. The molecule has 56 heavy (non-hydrogen) atoms. The van der Waals surface area contributed by atoms with Crippen LogP contribution < -0.4 is 5.73 Å². The topological polar surface area (TPSA) is 155 Å². The Labute approximate surface area is 339 Å². The van der Waals surface area contributed by atoms with Crippen LogP contribution in [0.2, 0.25) is 0 Å². The van der Waals surface area contributed by atoms with E-state index < -0.39 is 38.6 Å². The van der Waals surface area contributed by atoms with Crippen molar-refractivity contribution in [2.75, 3.05) is 26.4 Å². The first kappa shape index (κ1) is 52.9. The number of phosphoric ester groups is 1. The fourth-order valence-corrected chi connectivity index (χ4v) is 5.74. The Morgan fingerprint density at radius 1 is 0.643 bits per heavy atom. The molecule has 4 N–H and O–H groups in total. The third kappa shape index (κ3) is 39.1. The number of aliphatic hydroxyl groups is 1. The van der Waals surface area contributed by atoms with Crippen LogP contribution in [0, 0.1) is 0 Å². The van der Waals surface area contributed by atoms with Crippen LogP contribution in [0.15, 0.2) is 97.2 Å². The number of unbranched alkanes of at least 4 members (excludes halogenated alkanes) is 7. The molecule has 0 aromatic rings. The molecule has 11 heteroatoms. The van der Waals surface area contributed by atoms with Gasteiger partial charge in [-0.15, -0.1) is 0 Å². The summed E-state index contributed by atoms with van der Waals surface area (Å²) in [5.41, 5.74) is 5.33. The van der Waals surface area contributed by atoms with Crippen LogP contribution in [0.3, 0.4) is 0 Å². The molecule has 2 unspecified atom stereocenters. The molecule has 0 saturated carbocycles. The van der Waals surface area contributed by atoms with Crippen molar-refractivity contribution in [1.29, 1.82) is 0 Å². The zero-order chi connectivity index (χ0) is 41.2. The minimum absolute atomic E-state index is 0.0224. The van der Waals surface area contributed by atoms with Gasteiger partial charge < -0.3 is 25.2 Å². The van der Waals surface area contributed by atoms with Crippen LogP contribution in [0.1, 0.15) is 136 Å². The summed E-state index contributed by atoms with van der Waals surface area (Å²) >= 11 is 0. The van der Waals surface area contributed by atoms with Crippen molar-refractivity contribution >= 4 is 19.8 Å². The fourth-order valence-electron chi connectivity index (χ4n) is 4.98. The number of rotatable bonds is 37. The molecule has 0 radical (unpaired) electrons. The second kappa shape index (κ2) is 40.1. The summed E-state index contributed by atoms with van der Waals surface area (Å²) in [5.74, 6) is -1.01. The first-order valence-electron chi connectivity index (χ1n) is 20.8. The molecule has 0 spiro atoms. The number of hydrogen-bond donors (Lipinski definition) is 3. The largest absolute Gasteiger partial charge is 0.472 e. The predicted octanol–water partition coefficient (Wildman–Crippen LogP) is 10.8. The molecule has 0 saturated heterocycles. The average molecular weight is 804 g/mol. The first-order chi connectivity index (χ1) is 27.2. The number of allylic oxidation sites excluding steroid dienone is 15. The molecule has 0 aliphatic rings. The van der Waals surface area contributed by atoms with Crippen molar-refractivity contribution in [1.82, 2.24) is 0 Å². The van der Waals surface area contributed by atoms with Gasteiger partial charge in [-0.2, -0.15) is 0 Å². The second-order valence-electron chi connectivity index (χ2n) is 13.3. The molecule has 0 aromatic heterocycles. The molecule has 0 amide bonds. The summed E-state index contributed by atoms with van der Waals surface area (Å²) in [4.78, 5) is 34.8. The summed E-state index contributed by atoms with van der Waals surface area (Å²) in [6.07, 6.45) is 47.6. The number of ether oxygens (including phenoxy) is 2. The van der Waals surface area contributed by atoms with Gasteiger partial charge in [0.25, 0.3) is 0 Å². The van der Waals surface area contributed by atoms with Crippen molar-refractivity contribution in [3.05, 3.63) is 97.2 Å². The molecule has 3 atom stereocenters. The lowest BCUT2D eigenvalue weighted by molar-refractivity contribution is -0.161. The van der Waals surface area contributed by atoms with E-state index >= 15 is 0 Å². The van der Waals surface area contributed by atoms with E-state index in [1.165, 1.54) is 25.7 Å². The van der Waals surface area contributed by atoms with Gasteiger partial charge in [-0.05, 0) is 70.6 Å². The van der Waals surface area contributed by atoms with E-state index in [1.54, 1.807) is 6.08 Å². The van der Waals surface area contributed by atoms with E-state index in [1.807, 2.05) is 30.4 Å². The van der Waals surface area contributed by atoms with Crippen LogP contribution in [-0.4, -0.2) is 60.5 Å². The van der Waals surface area contributed by atoms with Gasteiger partial charge >= 0.3 is 19.8 Å². The van der Waals surface area contributed by atoms with Gasteiger partial charge in [0.2, 0.25) is 0 Å². The Balaban J connectivity index is 4.41.